The number of halogens is 1. The lowest BCUT2D eigenvalue weighted by Crippen LogP contribution is -2.03. The van der Waals surface area contributed by atoms with Crippen molar-refractivity contribution in [3.8, 4) is 0 Å². The summed E-state index contributed by atoms with van der Waals surface area (Å²) in [5, 5.41) is 0.720. The van der Waals surface area contributed by atoms with E-state index in [0.717, 1.165) is 39.9 Å². The van der Waals surface area contributed by atoms with Crippen molar-refractivity contribution < 1.29 is 4.74 Å². The number of allylic oxidation sites excluding steroid dienone is 2. The van der Waals surface area contributed by atoms with Crippen LogP contribution in [0.15, 0.2) is 57.9 Å². The summed E-state index contributed by atoms with van der Waals surface area (Å²) in [6, 6.07) is 8.05. The van der Waals surface area contributed by atoms with Crippen LogP contribution in [0.3, 0.4) is 0 Å². The van der Waals surface area contributed by atoms with E-state index >= 15 is 0 Å². The van der Waals surface area contributed by atoms with E-state index in [2.05, 4.69) is 18.8 Å². The van der Waals surface area contributed by atoms with E-state index in [4.69, 9.17) is 21.3 Å². The second-order valence-corrected chi connectivity index (χ2v) is 6.22. The second kappa shape index (κ2) is 6.09. The number of hydrogen-bond donors (Lipinski definition) is 0. The Labute approximate surface area is 136 Å². The van der Waals surface area contributed by atoms with E-state index in [1.165, 1.54) is 0 Å². The normalized spacial score (nSPS) is 26.0. The van der Waals surface area contributed by atoms with Crippen LogP contribution in [0.5, 0.6) is 0 Å². The average Bonchev–Trinajstić information content (AvgIpc) is 3.03. The Hall–Kier alpha value is -1.87. The molecule has 1 aromatic carbocycles. The van der Waals surface area contributed by atoms with Gasteiger partial charge in [0.1, 0.15) is 11.5 Å². The molecule has 0 amide bonds. The van der Waals surface area contributed by atoms with Crippen LogP contribution in [0.4, 0.5) is 0 Å². The maximum Gasteiger partial charge on any atom is 0.146 e. The standard InChI is InChI=1S/C18H19ClN2O/c1-11-8-12(2)20-15(11)9-17-18(22-3)10-16(21-17)13-4-6-14(19)7-5-13/h4-7,9-12H,8H2,1-3H3. The monoisotopic (exact) mass is 314 g/mol. The predicted molar refractivity (Wildman–Crippen MR) is 91.8 cm³/mol. The molecule has 0 N–H and O–H groups in total. The highest BCUT2D eigenvalue weighted by molar-refractivity contribution is 6.30. The highest BCUT2D eigenvalue weighted by Crippen LogP contribution is 2.27. The van der Waals surface area contributed by atoms with Gasteiger partial charge in [0.2, 0.25) is 0 Å². The van der Waals surface area contributed by atoms with E-state index in [1.54, 1.807) is 7.11 Å². The van der Waals surface area contributed by atoms with Crippen molar-refractivity contribution in [2.45, 2.75) is 26.3 Å². The quantitative estimate of drug-likeness (QED) is 0.812. The Morgan fingerprint density at radius 1 is 1.23 bits per heavy atom. The molecule has 0 saturated carbocycles. The number of ether oxygens (including phenoxy) is 1. The van der Waals surface area contributed by atoms with Gasteiger partial charge in [0.25, 0.3) is 0 Å². The molecule has 114 valence electrons. The highest BCUT2D eigenvalue weighted by atomic mass is 35.5. The molecule has 0 bridgehead atoms. The van der Waals surface area contributed by atoms with Gasteiger partial charge in [0.15, 0.2) is 0 Å². The summed E-state index contributed by atoms with van der Waals surface area (Å²) in [5.41, 5.74) is 3.86. The molecule has 0 aliphatic carbocycles. The largest absolute Gasteiger partial charge is 0.494 e. The van der Waals surface area contributed by atoms with E-state index in [9.17, 15) is 0 Å². The first-order valence-corrected chi connectivity index (χ1v) is 7.84. The van der Waals surface area contributed by atoms with E-state index in [1.807, 2.05) is 36.4 Å². The average molecular weight is 315 g/mol. The lowest BCUT2D eigenvalue weighted by atomic mass is 10.0. The van der Waals surface area contributed by atoms with Gasteiger partial charge in [-0.2, -0.15) is 0 Å². The molecule has 2 atom stereocenters. The van der Waals surface area contributed by atoms with Gasteiger partial charge in [-0.15, -0.1) is 0 Å². The SMILES string of the molecule is COC1=CC(c2ccc(Cl)cc2)=NC1=CC1=NC(C)CC1C. The number of methoxy groups -OCH3 is 1. The first kappa shape index (κ1) is 15.0. The fourth-order valence-corrected chi connectivity index (χ4v) is 2.96. The first-order valence-electron chi connectivity index (χ1n) is 7.47. The molecular formula is C18H19ClN2O. The molecule has 1 aromatic rings. The molecule has 4 heteroatoms. The highest BCUT2D eigenvalue weighted by Gasteiger charge is 2.23. The van der Waals surface area contributed by atoms with E-state index < -0.39 is 0 Å². The second-order valence-electron chi connectivity index (χ2n) is 5.79. The van der Waals surface area contributed by atoms with Gasteiger partial charge in [-0.1, -0.05) is 30.7 Å². The van der Waals surface area contributed by atoms with Crippen molar-refractivity contribution in [3.05, 3.63) is 58.5 Å². The molecule has 22 heavy (non-hydrogen) atoms. The van der Waals surface area contributed by atoms with E-state index in [-0.39, 0.29) is 0 Å². The van der Waals surface area contributed by atoms with Crippen molar-refractivity contribution in [1.29, 1.82) is 0 Å². The van der Waals surface area contributed by atoms with Crippen LogP contribution in [0.25, 0.3) is 0 Å². The molecule has 0 aromatic heterocycles. The fraction of sp³-hybridized carbons (Fsp3) is 0.333. The smallest absolute Gasteiger partial charge is 0.146 e. The van der Waals surface area contributed by atoms with Gasteiger partial charge in [-0.25, -0.2) is 4.99 Å². The van der Waals surface area contributed by atoms with Gasteiger partial charge in [0, 0.05) is 34.3 Å². The van der Waals surface area contributed by atoms with Gasteiger partial charge in [-0.05, 0) is 31.6 Å². The molecule has 0 spiro atoms. The predicted octanol–water partition coefficient (Wildman–Crippen LogP) is 4.43. The van der Waals surface area contributed by atoms with Crippen LogP contribution in [-0.4, -0.2) is 24.6 Å². The first-order chi connectivity index (χ1) is 10.6. The Bertz CT molecular complexity index is 698. The lowest BCUT2D eigenvalue weighted by Gasteiger charge is -2.04. The Kier molecular flexibility index (Phi) is 4.16. The number of hydrogen-bond acceptors (Lipinski definition) is 3. The third-order valence-electron chi connectivity index (χ3n) is 3.97. The maximum absolute atomic E-state index is 5.94. The zero-order valence-corrected chi connectivity index (χ0v) is 13.8. The third kappa shape index (κ3) is 3.00. The number of nitrogens with zero attached hydrogens (tertiary/aromatic N) is 2. The van der Waals surface area contributed by atoms with Crippen LogP contribution < -0.4 is 0 Å². The summed E-state index contributed by atoms with van der Waals surface area (Å²) in [7, 11) is 1.67. The molecule has 2 unspecified atom stereocenters. The van der Waals surface area contributed by atoms with Crippen LogP contribution in [0.2, 0.25) is 5.02 Å². The lowest BCUT2D eigenvalue weighted by molar-refractivity contribution is 0.302. The summed E-state index contributed by atoms with van der Waals surface area (Å²) in [6.45, 7) is 4.35. The number of rotatable bonds is 3. The van der Waals surface area contributed by atoms with Gasteiger partial charge in [-0.3, -0.25) is 4.99 Å². The minimum atomic E-state index is 0.387. The maximum atomic E-state index is 5.94. The van der Waals surface area contributed by atoms with Crippen molar-refractivity contribution in [2.24, 2.45) is 15.9 Å². The molecule has 2 heterocycles. The van der Waals surface area contributed by atoms with Crippen molar-refractivity contribution in [2.75, 3.05) is 7.11 Å². The van der Waals surface area contributed by atoms with Crippen LogP contribution in [0, 0.1) is 5.92 Å². The summed E-state index contributed by atoms with van der Waals surface area (Å²) in [4.78, 5) is 9.38. The molecule has 0 saturated heterocycles. The topological polar surface area (TPSA) is 34.0 Å². The van der Waals surface area contributed by atoms with Crippen LogP contribution >= 0.6 is 11.6 Å². The summed E-state index contributed by atoms with van der Waals surface area (Å²) in [6.07, 6.45) is 5.10. The zero-order chi connectivity index (χ0) is 15.7. The molecule has 0 fully saturated rings. The Balaban J connectivity index is 1.94. The van der Waals surface area contributed by atoms with Crippen LogP contribution in [0.1, 0.15) is 25.8 Å². The van der Waals surface area contributed by atoms with Gasteiger partial charge in [0.05, 0.1) is 12.8 Å². The fourth-order valence-electron chi connectivity index (χ4n) is 2.84. The van der Waals surface area contributed by atoms with Gasteiger partial charge >= 0.3 is 0 Å². The minimum absolute atomic E-state index is 0.387. The van der Waals surface area contributed by atoms with Crippen LogP contribution in [-0.2, 0) is 4.74 Å². The van der Waals surface area contributed by atoms with Gasteiger partial charge < -0.3 is 4.74 Å². The number of benzene rings is 1. The van der Waals surface area contributed by atoms with Crippen molar-refractivity contribution >= 4 is 23.0 Å². The molecule has 2 aliphatic heterocycles. The Morgan fingerprint density at radius 2 is 1.95 bits per heavy atom. The molecular weight excluding hydrogens is 296 g/mol. The zero-order valence-electron chi connectivity index (χ0n) is 13.0. The summed E-state index contributed by atoms with van der Waals surface area (Å²) >= 11 is 5.94. The minimum Gasteiger partial charge on any atom is -0.494 e. The molecule has 3 rings (SSSR count). The number of aliphatic imine (C=N–C) groups is 2. The molecule has 3 nitrogen and oxygen atoms in total. The van der Waals surface area contributed by atoms with Crippen molar-refractivity contribution in [3.63, 3.8) is 0 Å². The Morgan fingerprint density at radius 3 is 2.55 bits per heavy atom. The summed E-state index contributed by atoms with van der Waals surface area (Å²) < 4.78 is 5.47. The van der Waals surface area contributed by atoms with E-state index in [0.29, 0.717) is 12.0 Å². The third-order valence-corrected chi connectivity index (χ3v) is 4.23. The molecule has 0 radical (unpaired) electrons. The van der Waals surface area contributed by atoms with Crippen molar-refractivity contribution in [1.82, 2.24) is 0 Å². The summed E-state index contributed by atoms with van der Waals surface area (Å²) in [5.74, 6) is 1.25. The molecule has 2 aliphatic rings.